The summed E-state index contributed by atoms with van der Waals surface area (Å²) < 4.78 is 6.15. The SMILES string of the molecule is CCC1CN(CC2CCC(C)(C)O2)C(C)CCN1. The first-order chi connectivity index (χ1) is 8.50. The van der Waals surface area contributed by atoms with E-state index >= 15 is 0 Å². The van der Waals surface area contributed by atoms with E-state index in [1.165, 1.54) is 32.2 Å². The van der Waals surface area contributed by atoms with Gasteiger partial charge in [-0.05, 0) is 53.0 Å². The smallest absolute Gasteiger partial charge is 0.0710 e. The lowest BCUT2D eigenvalue weighted by Crippen LogP contribution is -2.43. The zero-order valence-electron chi connectivity index (χ0n) is 12.5. The van der Waals surface area contributed by atoms with Crippen LogP contribution in [0.5, 0.6) is 0 Å². The van der Waals surface area contributed by atoms with Gasteiger partial charge in [0, 0.05) is 25.2 Å². The second kappa shape index (κ2) is 5.89. The van der Waals surface area contributed by atoms with Gasteiger partial charge in [0.15, 0.2) is 0 Å². The summed E-state index contributed by atoms with van der Waals surface area (Å²) in [5.41, 5.74) is 0.0994. The Morgan fingerprint density at radius 1 is 1.33 bits per heavy atom. The Morgan fingerprint density at radius 3 is 2.72 bits per heavy atom. The van der Waals surface area contributed by atoms with Crippen molar-refractivity contribution >= 4 is 0 Å². The molecule has 3 heteroatoms. The van der Waals surface area contributed by atoms with Crippen molar-refractivity contribution in [2.45, 2.75) is 77.2 Å². The van der Waals surface area contributed by atoms with Crippen LogP contribution < -0.4 is 5.32 Å². The summed E-state index contributed by atoms with van der Waals surface area (Å²) in [5.74, 6) is 0. The Bertz CT molecular complexity index is 267. The summed E-state index contributed by atoms with van der Waals surface area (Å²) in [6, 6.07) is 1.34. The third kappa shape index (κ3) is 3.69. The normalized spacial score (nSPS) is 37.7. The second-order valence-corrected chi connectivity index (χ2v) is 6.69. The van der Waals surface area contributed by atoms with Crippen molar-refractivity contribution in [3.05, 3.63) is 0 Å². The van der Waals surface area contributed by atoms with Gasteiger partial charge in [0.25, 0.3) is 0 Å². The highest BCUT2D eigenvalue weighted by Crippen LogP contribution is 2.30. The number of nitrogens with zero attached hydrogens (tertiary/aromatic N) is 1. The van der Waals surface area contributed by atoms with Crippen molar-refractivity contribution in [2.24, 2.45) is 0 Å². The third-order valence-electron chi connectivity index (χ3n) is 4.56. The molecule has 2 aliphatic heterocycles. The molecule has 2 fully saturated rings. The van der Waals surface area contributed by atoms with E-state index in [0.29, 0.717) is 18.2 Å². The van der Waals surface area contributed by atoms with E-state index in [4.69, 9.17) is 4.74 Å². The molecule has 0 aromatic heterocycles. The standard InChI is InChI=1S/C15H30N2O/c1-5-13-10-17(12(2)7-9-16-13)11-14-6-8-15(3,4)18-14/h12-14,16H,5-11H2,1-4H3. The molecule has 3 unspecified atom stereocenters. The van der Waals surface area contributed by atoms with Gasteiger partial charge in [0.2, 0.25) is 0 Å². The Kier molecular flexibility index (Phi) is 4.68. The van der Waals surface area contributed by atoms with Crippen LogP contribution in [0.25, 0.3) is 0 Å². The molecule has 0 radical (unpaired) electrons. The molecule has 0 aliphatic carbocycles. The van der Waals surface area contributed by atoms with Crippen molar-refractivity contribution in [3.63, 3.8) is 0 Å². The molecule has 106 valence electrons. The second-order valence-electron chi connectivity index (χ2n) is 6.69. The molecule has 2 rings (SSSR count). The summed E-state index contributed by atoms with van der Waals surface area (Å²) in [5, 5.41) is 3.65. The molecule has 0 saturated carbocycles. The number of hydrogen-bond acceptors (Lipinski definition) is 3. The molecule has 3 nitrogen and oxygen atoms in total. The lowest BCUT2D eigenvalue weighted by Gasteiger charge is -2.31. The van der Waals surface area contributed by atoms with Crippen LogP contribution >= 0.6 is 0 Å². The minimum absolute atomic E-state index is 0.0994. The predicted molar refractivity (Wildman–Crippen MR) is 75.9 cm³/mol. The zero-order valence-corrected chi connectivity index (χ0v) is 12.5. The Hall–Kier alpha value is -0.120. The van der Waals surface area contributed by atoms with E-state index in [1.807, 2.05) is 0 Å². The molecule has 3 atom stereocenters. The minimum atomic E-state index is 0.0994. The molecule has 2 aliphatic rings. The minimum Gasteiger partial charge on any atom is -0.371 e. The molecular weight excluding hydrogens is 224 g/mol. The lowest BCUT2D eigenvalue weighted by atomic mass is 10.1. The number of rotatable bonds is 3. The van der Waals surface area contributed by atoms with Crippen molar-refractivity contribution in [1.29, 1.82) is 0 Å². The van der Waals surface area contributed by atoms with E-state index in [1.54, 1.807) is 0 Å². The van der Waals surface area contributed by atoms with Crippen LogP contribution in [0.4, 0.5) is 0 Å². The average Bonchev–Trinajstić information content (AvgIpc) is 2.54. The molecule has 0 bridgehead atoms. The molecule has 2 saturated heterocycles. The number of ether oxygens (including phenoxy) is 1. The first kappa shape index (κ1) is 14.3. The molecular formula is C15H30N2O. The third-order valence-corrected chi connectivity index (χ3v) is 4.56. The molecule has 0 spiro atoms. The quantitative estimate of drug-likeness (QED) is 0.837. The van der Waals surface area contributed by atoms with E-state index in [2.05, 4.69) is 37.9 Å². The maximum atomic E-state index is 6.15. The molecule has 0 amide bonds. The highest BCUT2D eigenvalue weighted by molar-refractivity contribution is 4.86. The fourth-order valence-electron chi connectivity index (χ4n) is 3.20. The number of hydrogen-bond donors (Lipinski definition) is 1. The van der Waals surface area contributed by atoms with Crippen molar-refractivity contribution in [1.82, 2.24) is 10.2 Å². The van der Waals surface area contributed by atoms with Gasteiger partial charge in [-0.15, -0.1) is 0 Å². The topological polar surface area (TPSA) is 24.5 Å². The van der Waals surface area contributed by atoms with Gasteiger partial charge in [-0.2, -0.15) is 0 Å². The van der Waals surface area contributed by atoms with Gasteiger partial charge in [-0.1, -0.05) is 6.92 Å². The van der Waals surface area contributed by atoms with Gasteiger partial charge in [0.05, 0.1) is 11.7 Å². The van der Waals surface area contributed by atoms with Crippen LogP contribution in [-0.2, 0) is 4.74 Å². The van der Waals surface area contributed by atoms with Crippen LogP contribution in [0, 0.1) is 0 Å². The summed E-state index contributed by atoms with van der Waals surface area (Å²) in [4.78, 5) is 2.64. The van der Waals surface area contributed by atoms with Gasteiger partial charge >= 0.3 is 0 Å². The Morgan fingerprint density at radius 2 is 2.11 bits per heavy atom. The Balaban J connectivity index is 1.89. The highest BCUT2D eigenvalue weighted by atomic mass is 16.5. The van der Waals surface area contributed by atoms with Crippen molar-refractivity contribution in [3.8, 4) is 0 Å². The molecule has 0 aromatic carbocycles. The molecule has 0 aromatic rings. The van der Waals surface area contributed by atoms with Gasteiger partial charge < -0.3 is 10.1 Å². The predicted octanol–water partition coefficient (Wildman–Crippen LogP) is 2.41. The van der Waals surface area contributed by atoms with Crippen molar-refractivity contribution in [2.75, 3.05) is 19.6 Å². The molecule has 1 N–H and O–H groups in total. The van der Waals surface area contributed by atoms with E-state index < -0.39 is 0 Å². The van der Waals surface area contributed by atoms with E-state index in [9.17, 15) is 0 Å². The zero-order chi connectivity index (χ0) is 13.2. The summed E-state index contributed by atoms with van der Waals surface area (Å²) >= 11 is 0. The number of nitrogens with one attached hydrogen (secondary N) is 1. The largest absolute Gasteiger partial charge is 0.371 e. The van der Waals surface area contributed by atoms with Gasteiger partial charge in [-0.25, -0.2) is 0 Å². The van der Waals surface area contributed by atoms with Crippen molar-refractivity contribution < 1.29 is 4.74 Å². The molecule has 18 heavy (non-hydrogen) atoms. The van der Waals surface area contributed by atoms with E-state index in [0.717, 1.165) is 13.1 Å². The Labute approximate surface area is 112 Å². The fourth-order valence-corrected chi connectivity index (χ4v) is 3.20. The first-order valence-electron chi connectivity index (χ1n) is 7.65. The van der Waals surface area contributed by atoms with Gasteiger partial charge in [0.1, 0.15) is 0 Å². The van der Waals surface area contributed by atoms with E-state index in [-0.39, 0.29) is 5.60 Å². The maximum absolute atomic E-state index is 6.15. The summed E-state index contributed by atoms with van der Waals surface area (Å²) in [6.45, 7) is 12.5. The summed E-state index contributed by atoms with van der Waals surface area (Å²) in [7, 11) is 0. The van der Waals surface area contributed by atoms with Crippen LogP contribution in [-0.4, -0.2) is 48.3 Å². The fraction of sp³-hybridized carbons (Fsp3) is 1.00. The highest BCUT2D eigenvalue weighted by Gasteiger charge is 2.34. The maximum Gasteiger partial charge on any atom is 0.0710 e. The average molecular weight is 254 g/mol. The van der Waals surface area contributed by atoms with Crippen LogP contribution in [0.3, 0.4) is 0 Å². The van der Waals surface area contributed by atoms with Gasteiger partial charge in [-0.3, -0.25) is 4.90 Å². The lowest BCUT2D eigenvalue weighted by molar-refractivity contribution is -0.0330. The van der Waals surface area contributed by atoms with Crippen LogP contribution in [0.15, 0.2) is 0 Å². The monoisotopic (exact) mass is 254 g/mol. The van der Waals surface area contributed by atoms with Crippen LogP contribution in [0.1, 0.15) is 53.4 Å². The van der Waals surface area contributed by atoms with Crippen LogP contribution in [0.2, 0.25) is 0 Å². The summed E-state index contributed by atoms with van der Waals surface area (Å²) in [6.07, 6.45) is 5.35. The molecule has 2 heterocycles. The first-order valence-corrected chi connectivity index (χ1v) is 7.65.